The second kappa shape index (κ2) is 9.32. The van der Waals surface area contributed by atoms with Crippen LogP contribution in [0.1, 0.15) is 29.3 Å². The Hall–Kier alpha value is -3.22. The lowest BCUT2D eigenvalue weighted by Gasteiger charge is -2.22. The monoisotopic (exact) mass is 398 g/mol. The molecule has 0 atom stereocenters. The Morgan fingerprint density at radius 2 is 1.55 bits per heavy atom. The molecule has 1 aliphatic heterocycles. The van der Waals surface area contributed by atoms with E-state index >= 15 is 0 Å². The number of benzene rings is 2. The summed E-state index contributed by atoms with van der Waals surface area (Å²) in [6.07, 6.45) is 0.979. The van der Waals surface area contributed by atoms with Gasteiger partial charge in [-0.2, -0.15) is 0 Å². The maximum Gasteiger partial charge on any atom is 0.254 e. The molecule has 1 saturated heterocycles. The summed E-state index contributed by atoms with van der Waals surface area (Å²) in [7, 11) is 0. The highest BCUT2D eigenvalue weighted by molar-refractivity contribution is 5.95. The molecule has 0 unspecified atom stereocenters. The number of phenolic OH excluding ortho intramolecular Hbond substituents is 2. The molecule has 1 fully saturated rings. The van der Waals surface area contributed by atoms with E-state index in [0.29, 0.717) is 45.6 Å². The van der Waals surface area contributed by atoms with Gasteiger partial charge in [0.25, 0.3) is 5.91 Å². The predicted octanol–water partition coefficient (Wildman–Crippen LogP) is 2.41. The molecule has 1 heterocycles. The van der Waals surface area contributed by atoms with Crippen LogP contribution in [0.5, 0.6) is 17.2 Å². The number of carbonyl (C=O) groups is 2. The number of carbonyl (C=O) groups excluding carboxylic acids is 2. The molecule has 0 bridgehead atoms. The number of hydrogen-bond donors (Lipinski definition) is 2. The quantitative estimate of drug-likeness (QED) is 0.807. The molecule has 2 aromatic rings. The van der Waals surface area contributed by atoms with Gasteiger partial charge >= 0.3 is 0 Å². The number of amides is 2. The van der Waals surface area contributed by atoms with E-state index in [1.54, 1.807) is 9.80 Å². The highest BCUT2D eigenvalue weighted by Gasteiger charge is 2.23. The topological polar surface area (TPSA) is 90.3 Å². The highest BCUT2D eigenvalue weighted by atomic mass is 16.5. The second-order valence-corrected chi connectivity index (χ2v) is 7.02. The molecule has 0 radical (unpaired) electrons. The second-order valence-electron chi connectivity index (χ2n) is 7.02. The van der Waals surface area contributed by atoms with Crippen molar-refractivity contribution in [1.29, 1.82) is 0 Å². The van der Waals surface area contributed by atoms with E-state index in [1.165, 1.54) is 18.2 Å². The van der Waals surface area contributed by atoms with Crippen molar-refractivity contribution in [2.75, 3.05) is 32.8 Å². The van der Waals surface area contributed by atoms with Crippen LogP contribution in [-0.4, -0.2) is 64.6 Å². The maximum atomic E-state index is 12.7. The summed E-state index contributed by atoms with van der Waals surface area (Å²) in [5.41, 5.74) is 1.16. The van der Waals surface area contributed by atoms with Gasteiger partial charge in [-0.1, -0.05) is 12.1 Å². The Morgan fingerprint density at radius 3 is 2.21 bits per heavy atom. The zero-order valence-electron chi connectivity index (χ0n) is 16.5. The SMILES string of the molecule is CCOc1ccc(CC(=O)N2CCCN(C(=O)c3cc(O)cc(O)c3)CC2)cc1. The maximum absolute atomic E-state index is 12.7. The number of hydrogen-bond acceptors (Lipinski definition) is 5. The Morgan fingerprint density at radius 1 is 0.931 bits per heavy atom. The molecule has 0 saturated carbocycles. The average Bonchev–Trinajstić information content (AvgIpc) is 2.95. The molecule has 7 heteroatoms. The summed E-state index contributed by atoms with van der Waals surface area (Å²) >= 11 is 0. The molecule has 0 spiro atoms. The van der Waals surface area contributed by atoms with Crippen molar-refractivity contribution in [2.24, 2.45) is 0 Å². The van der Waals surface area contributed by atoms with Crippen LogP contribution >= 0.6 is 0 Å². The molecule has 1 aliphatic rings. The number of ether oxygens (including phenoxy) is 1. The van der Waals surface area contributed by atoms with E-state index in [2.05, 4.69) is 0 Å². The van der Waals surface area contributed by atoms with Crippen LogP contribution in [0.25, 0.3) is 0 Å². The number of phenols is 2. The number of rotatable bonds is 5. The van der Waals surface area contributed by atoms with Crippen LogP contribution in [0.2, 0.25) is 0 Å². The fourth-order valence-corrected chi connectivity index (χ4v) is 3.43. The first kappa shape index (κ1) is 20.5. The molecule has 0 aromatic heterocycles. The summed E-state index contributed by atoms with van der Waals surface area (Å²) in [6, 6.07) is 11.4. The van der Waals surface area contributed by atoms with Gasteiger partial charge in [-0.15, -0.1) is 0 Å². The van der Waals surface area contributed by atoms with Crippen LogP contribution in [0.15, 0.2) is 42.5 Å². The molecule has 3 rings (SSSR count). The molecule has 7 nitrogen and oxygen atoms in total. The van der Waals surface area contributed by atoms with Crippen molar-refractivity contribution in [3.63, 3.8) is 0 Å². The van der Waals surface area contributed by atoms with Gasteiger partial charge in [0.15, 0.2) is 0 Å². The van der Waals surface area contributed by atoms with Gasteiger partial charge in [-0.05, 0) is 43.2 Å². The van der Waals surface area contributed by atoms with Crippen LogP contribution in [0, 0.1) is 0 Å². The van der Waals surface area contributed by atoms with Crippen LogP contribution in [-0.2, 0) is 11.2 Å². The minimum absolute atomic E-state index is 0.0264. The number of aromatic hydroxyl groups is 2. The lowest BCUT2D eigenvalue weighted by Crippen LogP contribution is -2.38. The van der Waals surface area contributed by atoms with E-state index in [0.717, 1.165) is 11.3 Å². The van der Waals surface area contributed by atoms with Gasteiger partial charge in [0.1, 0.15) is 17.2 Å². The molecule has 2 N–H and O–H groups in total. The van der Waals surface area contributed by atoms with Crippen molar-refractivity contribution in [3.8, 4) is 17.2 Å². The summed E-state index contributed by atoms with van der Waals surface area (Å²) in [6.45, 7) is 4.49. The van der Waals surface area contributed by atoms with Gasteiger partial charge in [0, 0.05) is 37.8 Å². The standard InChI is InChI=1S/C22H26N2O5/c1-2-29-20-6-4-16(5-7-20)12-21(27)23-8-3-9-24(11-10-23)22(28)17-13-18(25)15-19(26)14-17/h4-7,13-15,25-26H,2-3,8-12H2,1H3. The third kappa shape index (κ3) is 5.40. The minimum Gasteiger partial charge on any atom is -0.508 e. The third-order valence-electron chi connectivity index (χ3n) is 4.88. The predicted molar refractivity (Wildman–Crippen MR) is 108 cm³/mol. The van der Waals surface area contributed by atoms with Crippen LogP contribution in [0.4, 0.5) is 0 Å². The van der Waals surface area contributed by atoms with E-state index in [9.17, 15) is 19.8 Å². The Bertz CT molecular complexity index is 846. The molecule has 29 heavy (non-hydrogen) atoms. The largest absolute Gasteiger partial charge is 0.508 e. The lowest BCUT2D eigenvalue weighted by atomic mass is 10.1. The van der Waals surface area contributed by atoms with Gasteiger partial charge in [0.2, 0.25) is 5.91 Å². The van der Waals surface area contributed by atoms with Gasteiger partial charge in [-0.25, -0.2) is 0 Å². The zero-order chi connectivity index (χ0) is 20.8. The van der Waals surface area contributed by atoms with Gasteiger partial charge in [0.05, 0.1) is 13.0 Å². The molecular formula is C22H26N2O5. The van der Waals surface area contributed by atoms with E-state index in [-0.39, 0.29) is 28.9 Å². The van der Waals surface area contributed by atoms with Crippen molar-refractivity contribution in [1.82, 2.24) is 9.80 Å². The summed E-state index contributed by atoms with van der Waals surface area (Å²) in [4.78, 5) is 28.8. The van der Waals surface area contributed by atoms with Crippen LogP contribution < -0.4 is 4.74 Å². The Balaban J connectivity index is 1.58. The Kier molecular flexibility index (Phi) is 6.59. The van der Waals surface area contributed by atoms with Gasteiger partial charge in [-0.3, -0.25) is 9.59 Å². The van der Waals surface area contributed by atoms with E-state index < -0.39 is 0 Å². The highest BCUT2D eigenvalue weighted by Crippen LogP contribution is 2.22. The normalized spacial score (nSPS) is 14.4. The molecule has 2 aromatic carbocycles. The van der Waals surface area contributed by atoms with Gasteiger partial charge < -0.3 is 24.7 Å². The first-order valence-electron chi connectivity index (χ1n) is 9.78. The summed E-state index contributed by atoms with van der Waals surface area (Å²) in [5.74, 6) is 0.228. The number of nitrogens with zero attached hydrogens (tertiary/aromatic N) is 2. The van der Waals surface area contributed by atoms with E-state index in [1.807, 2.05) is 31.2 Å². The Labute approximate surface area is 170 Å². The first-order chi connectivity index (χ1) is 14.0. The molecule has 154 valence electrons. The molecule has 0 aliphatic carbocycles. The third-order valence-corrected chi connectivity index (χ3v) is 4.88. The zero-order valence-corrected chi connectivity index (χ0v) is 16.5. The fraction of sp³-hybridized carbons (Fsp3) is 0.364. The molecular weight excluding hydrogens is 372 g/mol. The minimum atomic E-state index is -0.267. The first-order valence-corrected chi connectivity index (χ1v) is 9.78. The average molecular weight is 398 g/mol. The van der Waals surface area contributed by atoms with Crippen LogP contribution in [0.3, 0.4) is 0 Å². The lowest BCUT2D eigenvalue weighted by molar-refractivity contribution is -0.130. The van der Waals surface area contributed by atoms with Crippen molar-refractivity contribution in [3.05, 3.63) is 53.6 Å². The summed E-state index contributed by atoms with van der Waals surface area (Å²) in [5, 5.41) is 19.2. The van der Waals surface area contributed by atoms with Crippen molar-refractivity contribution in [2.45, 2.75) is 19.8 Å². The molecule has 2 amide bonds. The van der Waals surface area contributed by atoms with Crippen molar-refractivity contribution < 1.29 is 24.5 Å². The van der Waals surface area contributed by atoms with Crippen molar-refractivity contribution >= 4 is 11.8 Å². The summed E-state index contributed by atoms with van der Waals surface area (Å²) < 4.78 is 5.42. The van der Waals surface area contributed by atoms with E-state index in [4.69, 9.17) is 4.74 Å². The smallest absolute Gasteiger partial charge is 0.254 e. The fourth-order valence-electron chi connectivity index (χ4n) is 3.43.